The van der Waals surface area contributed by atoms with E-state index in [1.54, 1.807) is 38.5 Å². The fourth-order valence-corrected chi connectivity index (χ4v) is 1.76. The van der Waals surface area contributed by atoms with Crippen molar-refractivity contribution in [2.24, 2.45) is 0 Å². The van der Waals surface area contributed by atoms with Crippen LogP contribution in [0.5, 0.6) is 11.5 Å². The van der Waals surface area contributed by atoms with E-state index in [0.717, 1.165) is 0 Å². The summed E-state index contributed by atoms with van der Waals surface area (Å²) in [4.78, 5) is 16.0. The Labute approximate surface area is 121 Å². The Kier molecular flexibility index (Phi) is 4.42. The van der Waals surface area contributed by atoms with E-state index in [1.165, 1.54) is 12.3 Å². The molecule has 0 bridgehead atoms. The maximum atomic E-state index is 12.1. The molecule has 1 amide bonds. The highest BCUT2D eigenvalue weighted by atomic mass is 35.5. The first-order valence-electron chi connectivity index (χ1n) is 5.78. The number of hydrogen-bond donors (Lipinski definition) is 1. The highest BCUT2D eigenvalue weighted by molar-refractivity contribution is 6.30. The molecule has 20 heavy (non-hydrogen) atoms. The minimum Gasteiger partial charge on any atom is -0.497 e. The van der Waals surface area contributed by atoms with Crippen molar-refractivity contribution in [2.75, 3.05) is 19.5 Å². The summed E-state index contributed by atoms with van der Waals surface area (Å²) in [6, 6.07) is 8.18. The van der Waals surface area contributed by atoms with Crippen molar-refractivity contribution in [1.82, 2.24) is 4.98 Å². The van der Waals surface area contributed by atoms with Gasteiger partial charge in [0.25, 0.3) is 5.91 Å². The quantitative estimate of drug-likeness (QED) is 0.941. The summed E-state index contributed by atoms with van der Waals surface area (Å²) in [5.74, 6) is 0.806. The fourth-order valence-electron chi connectivity index (χ4n) is 1.60. The zero-order valence-electron chi connectivity index (χ0n) is 11.0. The van der Waals surface area contributed by atoms with Crippen LogP contribution in [0.2, 0.25) is 5.02 Å². The molecule has 0 spiro atoms. The first kappa shape index (κ1) is 14.1. The van der Waals surface area contributed by atoms with Gasteiger partial charge in [-0.2, -0.15) is 0 Å². The van der Waals surface area contributed by atoms with Crippen molar-refractivity contribution >= 4 is 23.2 Å². The van der Waals surface area contributed by atoms with Gasteiger partial charge in [0.1, 0.15) is 17.2 Å². The number of nitrogens with one attached hydrogen (secondary N) is 1. The van der Waals surface area contributed by atoms with Crippen LogP contribution in [0.1, 0.15) is 10.5 Å². The zero-order valence-corrected chi connectivity index (χ0v) is 11.8. The van der Waals surface area contributed by atoms with Crippen LogP contribution in [0.15, 0.2) is 36.5 Å². The lowest BCUT2D eigenvalue weighted by Crippen LogP contribution is -2.13. The molecule has 5 nitrogen and oxygen atoms in total. The Morgan fingerprint density at radius 1 is 1.15 bits per heavy atom. The summed E-state index contributed by atoms with van der Waals surface area (Å²) in [5.41, 5.74) is 0.785. The van der Waals surface area contributed by atoms with Crippen molar-refractivity contribution < 1.29 is 14.3 Å². The maximum absolute atomic E-state index is 12.1. The molecule has 2 aromatic rings. The number of nitrogens with zero attached hydrogens (tertiary/aromatic N) is 1. The Balaban J connectivity index is 2.23. The van der Waals surface area contributed by atoms with E-state index in [1.807, 2.05) is 0 Å². The number of methoxy groups -OCH3 is 2. The summed E-state index contributed by atoms with van der Waals surface area (Å²) in [6.07, 6.45) is 1.48. The average molecular weight is 293 g/mol. The van der Waals surface area contributed by atoms with Gasteiger partial charge in [0, 0.05) is 35.1 Å². The number of amides is 1. The third-order valence-electron chi connectivity index (χ3n) is 2.56. The van der Waals surface area contributed by atoms with E-state index in [4.69, 9.17) is 21.1 Å². The van der Waals surface area contributed by atoms with Gasteiger partial charge >= 0.3 is 0 Å². The van der Waals surface area contributed by atoms with Crippen LogP contribution in [-0.2, 0) is 0 Å². The minimum absolute atomic E-state index is 0.235. The average Bonchev–Trinajstić information content (AvgIpc) is 2.46. The molecular weight excluding hydrogens is 280 g/mol. The van der Waals surface area contributed by atoms with Crippen molar-refractivity contribution in [3.63, 3.8) is 0 Å². The van der Waals surface area contributed by atoms with Crippen LogP contribution in [0.4, 0.5) is 5.69 Å². The molecule has 0 aliphatic rings. The van der Waals surface area contributed by atoms with Gasteiger partial charge < -0.3 is 14.8 Å². The number of pyridine rings is 1. The van der Waals surface area contributed by atoms with Crippen molar-refractivity contribution in [3.05, 3.63) is 47.2 Å². The van der Waals surface area contributed by atoms with Crippen molar-refractivity contribution in [1.29, 1.82) is 0 Å². The normalized spacial score (nSPS) is 9.95. The smallest absolute Gasteiger partial charge is 0.274 e. The van der Waals surface area contributed by atoms with Crippen LogP contribution in [0, 0.1) is 0 Å². The summed E-state index contributed by atoms with van der Waals surface area (Å²) >= 11 is 5.83. The molecule has 0 fully saturated rings. The van der Waals surface area contributed by atoms with Gasteiger partial charge in [-0.3, -0.25) is 9.78 Å². The number of hydrogen-bond acceptors (Lipinski definition) is 4. The van der Waals surface area contributed by atoms with Gasteiger partial charge in [0.05, 0.1) is 14.2 Å². The van der Waals surface area contributed by atoms with Crippen molar-refractivity contribution in [3.8, 4) is 11.5 Å². The first-order chi connectivity index (χ1) is 9.62. The zero-order chi connectivity index (χ0) is 14.5. The Morgan fingerprint density at radius 3 is 2.35 bits per heavy atom. The molecule has 0 saturated carbocycles. The molecular formula is C14H13ClN2O3. The van der Waals surface area contributed by atoms with E-state index in [0.29, 0.717) is 22.2 Å². The second kappa shape index (κ2) is 6.25. The Morgan fingerprint density at radius 2 is 1.80 bits per heavy atom. The molecule has 1 aromatic heterocycles. The van der Waals surface area contributed by atoms with Crippen LogP contribution in [-0.4, -0.2) is 25.1 Å². The van der Waals surface area contributed by atoms with E-state index < -0.39 is 0 Å². The van der Waals surface area contributed by atoms with Gasteiger partial charge in [-0.25, -0.2) is 0 Å². The molecule has 1 aromatic carbocycles. The monoisotopic (exact) mass is 292 g/mol. The number of ether oxygens (including phenoxy) is 2. The lowest BCUT2D eigenvalue weighted by molar-refractivity contribution is 0.102. The van der Waals surface area contributed by atoms with Crippen molar-refractivity contribution in [2.45, 2.75) is 0 Å². The maximum Gasteiger partial charge on any atom is 0.274 e. The molecule has 0 aliphatic carbocycles. The third kappa shape index (κ3) is 3.39. The highest BCUT2D eigenvalue weighted by Crippen LogP contribution is 2.26. The topological polar surface area (TPSA) is 60.5 Å². The standard InChI is InChI=1S/C14H13ClN2O3/c1-19-11-6-10(7-12(8-11)20-2)17-14(18)13-5-9(15)3-4-16-13/h3-8H,1-2H3,(H,17,18). The summed E-state index contributed by atoms with van der Waals surface area (Å²) in [6.45, 7) is 0. The first-order valence-corrected chi connectivity index (χ1v) is 6.16. The van der Waals surface area contributed by atoms with E-state index in [-0.39, 0.29) is 11.6 Å². The summed E-state index contributed by atoms with van der Waals surface area (Å²) in [5, 5.41) is 3.17. The molecule has 6 heteroatoms. The van der Waals surface area contributed by atoms with E-state index in [9.17, 15) is 4.79 Å². The molecule has 0 atom stereocenters. The van der Waals surface area contributed by atoms with Crippen LogP contribution in [0.25, 0.3) is 0 Å². The lowest BCUT2D eigenvalue weighted by atomic mass is 10.2. The molecule has 104 valence electrons. The number of halogens is 1. The number of rotatable bonds is 4. The van der Waals surface area contributed by atoms with Crippen LogP contribution in [0.3, 0.4) is 0 Å². The molecule has 1 heterocycles. The number of anilines is 1. The van der Waals surface area contributed by atoms with Gasteiger partial charge in [0.15, 0.2) is 0 Å². The number of aromatic nitrogens is 1. The van der Waals surface area contributed by atoms with Crippen LogP contribution >= 0.6 is 11.6 Å². The highest BCUT2D eigenvalue weighted by Gasteiger charge is 2.10. The van der Waals surface area contributed by atoms with Gasteiger partial charge in [-0.1, -0.05) is 11.6 Å². The second-order valence-electron chi connectivity index (χ2n) is 3.91. The largest absolute Gasteiger partial charge is 0.497 e. The van der Waals surface area contributed by atoms with Gasteiger partial charge in [0.2, 0.25) is 0 Å². The van der Waals surface area contributed by atoms with E-state index in [2.05, 4.69) is 10.3 Å². The van der Waals surface area contributed by atoms with E-state index >= 15 is 0 Å². The molecule has 2 rings (SSSR count). The number of benzene rings is 1. The second-order valence-corrected chi connectivity index (χ2v) is 4.35. The van der Waals surface area contributed by atoms with Crippen LogP contribution < -0.4 is 14.8 Å². The molecule has 0 radical (unpaired) electrons. The Bertz CT molecular complexity index is 609. The predicted molar refractivity (Wildman–Crippen MR) is 76.7 cm³/mol. The summed E-state index contributed by atoms with van der Waals surface area (Å²) < 4.78 is 10.3. The molecule has 0 unspecified atom stereocenters. The minimum atomic E-state index is -0.359. The molecule has 1 N–H and O–H groups in total. The number of carbonyl (C=O) groups is 1. The Hall–Kier alpha value is -2.27. The third-order valence-corrected chi connectivity index (χ3v) is 2.80. The van der Waals surface area contributed by atoms with Gasteiger partial charge in [-0.05, 0) is 12.1 Å². The number of carbonyl (C=O) groups excluding carboxylic acids is 1. The lowest BCUT2D eigenvalue weighted by Gasteiger charge is -2.09. The fraction of sp³-hybridized carbons (Fsp3) is 0.143. The predicted octanol–water partition coefficient (Wildman–Crippen LogP) is 3.00. The summed E-state index contributed by atoms with van der Waals surface area (Å²) in [7, 11) is 3.08. The molecule has 0 saturated heterocycles. The SMILES string of the molecule is COc1cc(NC(=O)c2cc(Cl)ccn2)cc(OC)c1. The molecule has 0 aliphatic heterocycles. The van der Waals surface area contributed by atoms with Gasteiger partial charge in [-0.15, -0.1) is 0 Å².